The Balaban J connectivity index is 1.47. The molecule has 0 saturated heterocycles. The zero-order valence-electron chi connectivity index (χ0n) is 11.7. The van der Waals surface area contributed by atoms with Crippen molar-refractivity contribution in [3.63, 3.8) is 0 Å². The van der Waals surface area contributed by atoms with Gasteiger partial charge in [0.2, 0.25) is 0 Å². The van der Waals surface area contributed by atoms with Crippen LogP contribution in [-0.2, 0) is 6.54 Å². The van der Waals surface area contributed by atoms with Gasteiger partial charge in [0.05, 0.1) is 10.2 Å². The van der Waals surface area contributed by atoms with E-state index in [1.165, 1.54) is 4.70 Å². The smallest absolute Gasteiger partial charge is 0.184 e. The maximum absolute atomic E-state index is 4.56. The zero-order valence-corrected chi connectivity index (χ0v) is 12.5. The minimum absolute atomic E-state index is 0.705. The predicted octanol–water partition coefficient (Wildman–Crippen LogP) is 3.49. The summed E-state index contributed by atoms with van der Waals surface area (Å²) >= 11 is 1.66. The van der Waals surface area contributed by atoms with Crippen molar-refractivity contribution < 1.29 is 0 Å². The van der Waals surface area contributed by atoms with E-state index in [-0.39, 0.29) is 0 Å². The molecular weight excluding hydrogens is 294 g/mol. The van der Waals surface area contributed by atoms with Gasteiger partial charge in [-0.05, 0) is 23.8 Å². The van der Waals surface area contributed by atoms with E-state index in [1.54, 1.807) is 23.9 Å². The molecule has 0 amide bonds. The lowest BCUT2D eigenvalue weighted by Crippen LogP contribution is -2.01. The van der Waals surface area contributed by atoms with Crippen LogP contribution < -0.4 is 5.32 Å². The normalized spacial score (nSPS) is 10.9. The third kappa shape index (κ3) is 2.56. The maximum Gasteiger partial charge on any atom is 0.184 e. The van der Waals surface area contributed by atoms with Crippen LogP contribution in [0.2, 0.25) is 0 Å². The zero-order chi connectivity index (χ0) is 14.8. The van der Waals surface area contributed by atoms with Gasteiger partial charge in [-0.3, -0.25) is 4.57 Å². The number of nitrogens with zero attached hydrogens (tertiary/aromatic N) is 4. The van der Waals surface area contributed by atoms with E-state index in [9.17, 15) is 0 Å². The van der Waals surface area contributed by atoms with Gasteiger partial charge < -0.3 is 5.32 Å². The quantitative estimate of drug-likeness (QED) is 0.627. The molecule has 0 bridgehead atoms. The van der Waals surface area contributed by atoms with Gasteiger partial charge in [0.15, 0.2) is 5.13 Å². The number of para-hydroxylation sites is 1. The van der Waals surface area contributed by atoms with Crippen LogP contribution in [-0.4, -0.2) is 19.5 Å². The Bertz CT molecular complexity index is 847. The van der Waals surface area contributed by atoms with Crippen LogP contribution in [0.1, 0.15) is 5.56 Å². The monoisotopic (exact) mass is 307 g/mol. The molecule has 4 rings (SSSR count). The van der Waals surface area contributed by atoms with Crippen LogP contribution in [0.4, 0.5) is 5.13 Å². The number of benzene rings is 1. The van der Waals surface area contributed by atoms with Gasteiger partial charge in [-0.15, -0.1) is 0 Å². The topological polar surface area (TPSA) is 55.6 Å². The fraction of sp³-hybridized carbons (Fsp3) is 0.0625. The van der Waals surface area contributed by atoms with Crippen LogP contribution >= 0.6 is 11.3 Å². The molecule has 4 aromatic rings. The number of nitrogens with one attached hydrogen (secondary N) is 1. The van der Waals surface area contributed by atoms with Gasteiger partial charge >= 0.3 is 0 Å². The van der Waals surface area contributed by atoms with E-state index in [0.717, 1.165) is 22.0 Å². The summed E-state index contributed by atoms with van der Waals surface area (Å²) in [5.74, 6) is 0.862. The largest absolute Gasteiger partial charge is 0.357 e. The molecule has 0 atom stereocenters. The van der Waals surface area contributed by atoms with Gasteiger partial charge in [0.25, 0.3) is 0 Å². The molecule has 0 spiro atoms. The van der Waals surface area contributed by atoms with Crippen molar-refractivity contribution in [2.75, 3.05) is 5.32 Å². The second kappa shape index (κ2) is 5.57. The van der Waals surface area contributed by atoms with E-state index >= 15 is 0 Å². The number of fused-ring (bicyclic) bond motifs is 1. The summed E-state index contributed by atoms with van der Waals surface area (Å²) in [5, 5.41) is 4.28. The SMILES string of the molecule is c1ccc2sc(NCc3ccc(-n4ccnc4)nc3)nc2c1. The first-order chi connectivity index (χ1) is 10.9. The lowest BCUT2D eigenvalue weighted by atomic mass is 10.3. The third-order valence-corrected chi connectivity index (χ3v) is 4.31. The highest BCUT2D eigenvalue weighted by molar-refractivity contribution is 7.22. The molecule has 3 heterocycles. The van der Waals surface area contributed by atoms with Gasteiger partial charge in [-0.1, -0.05) is 29.5 Å². The Labute approximate surface area is 131 Å². The number of thiazole rings is 1. The van der Waals surface area contributed by atoms with Crippen molar-refractivity contribution in [3.8, 4) is 5.82 Å². The van der Waals surface area contributed by atoms with E-state index in [4.69, 9.17) is 0 Å². The van der Waals surface area contributed by atoms with Crippen molar-refractivity contribution in [1.29, 1.82) is 0 Å². The average molecular weight is 307 g/mol. The first kappa shape index (κ1) is 13.0. The molecule has 0 unspecified atom stereocenters. The molecule has 6 heteroatoms. The first-order valence-electron chi connectivity index (χ1n) is 6.91. The molecule has 1 aromatic carbocycles. The highest BCUT2D eigenvalue weighted by Gasteiger charge is 2.03. The molecule has 0 saturated carbocycles. The predicted molar refractivity (Wildman–Crippen MR) is 88.3 cm³/mol. The van der Waals surface area contributed by atoms with Crippen LogP contribution in [0.5, 0.6) is 0 Å². The second-order valence-corrected chi connectivity index (χ2v) is 5.87. The molecule has 22 heavy (non-hydrogen) atoms. The minimum atomic E-state index is 0.705. The van der Waals surface area contributed by atoms with Crippen LogP contribution in [0.3, 0.4) is 0 Å². The Morgan fingerprint density at radius 3 is 2.86 bits per heavy atom. The van der Waals surface area contributed by atoms with Gasteiger partial charge in [0.1, 0.15) is 12.1 Å². The lowest BCUT2D eigenvalue weighted by molar-refractivity contribution is 0.978. The van der Waals surface area contributed by atoms with Crippen molar-refractivity contribution >= 4 is 26.7 Å². The second-order valence-electron chi connectivity index (χ2n) is 4.83. The number of anilines is 1. The van der Waals surface area contributed by atoms with E-state index in [1.807, 2.05) is 41.2 Å². The van der Waals surface area contributed by atoms with E-state index in [0.29, 0.717) is 6.54 Å². The molecule has 3 aromatic heterocycles. The number of aromatic nitrogens is 4. The van der Waals surface area contributed by atoms with Gasteiger partial charge in [-0.2, -0.15) is 0 Å². The summed E-state index contributed by atoms with van der Waals surface area (Å²) < 4.78 is 3.07. The summed E-state index contributed by atoms with van der Waals surface area (Å²) in [4.78, 5) is 13.0. The molecule has 0 radical (unpaired) electrons. The highest BCUT2D eigenvalue weighted by atomic mass is 32.1. The summed E-state index contributed by atoms with van der Waals surface area (Å²) in [7, 11) is 0. The summed E-state index contributed by atoms with van der Waals surface area (Å²) in [6.45, 7) is 0.705. The molecule has 0 fully saturated rings. The minimum Gasteiger partial charge on any atom is -0.357 e. The highest BCUT2D eigenvalue weighted by Crippen LogP contribution is 2.25. The van der Waals surface area contributed by atoms with Crippen LogP contribution in [0.25, 0.3) is 16.0 Å². The van der Waals surface area contributed by atoms with E-state index < -0.39 is 0 Å². The van der Waals surface area contributed by atoms with Crippen LogP contribution in [0, 0.1) is 0 Å². The summed E-state index contributed by atoms with van der Waals surface area (Å²) in [6.07, 6.45) is 7.22. The van der Waals surface area contributed by atoms with Crippen LogP contribution in [0.15, 0.2) is 61.3 Å². The summed E-state index contributed by atoms with van der Waals surface area (Å²) in [5.41, 5.74) is 2.15. The number of imidazole rings is 1. The average Bonchev–Trinajstić information content (AvgIpc) is 3.22. The molecule has 5 nitrogen and oxygen atoms in total. The molecule has 0 aliphatic carbocycles. The third-order valence-electron chi connectivity index (χ3n) is 3.32. The van der Waals surface area contributed by atoms with Crippen molar-refractivity contribution in [2.45, 2.75) is 6.54 Å². The molecule has 0 aliphatic heterocycles. The van der Waals surface area contributed by atoms with Crippen molar-refractivity contribution in [1.82, 2.24) is 19.5 Å². The molecule has 1 N–H and O–H groups in total. The number of pyridine rings is 1. The fourth-order valence-electron chi connectivity index (χ4n) is 2.19. The summed E-state index contributed by atoms with van der Waals surface area (Å²) in [6, 6.07) is 12.2. The Hall–Kier alpha value is -2.73. The standard InChI is InChI=1S/C16H13N5S/c1-2-4-14-13(3-1)20-16(22-14)19-10-12-5-6-15(18-9-12)21-8-7-17-11-21/h1-9,11H,10H2,(H,19,20). The lowest BCUT2D eigenvalue weighted by Gasteiger charge is -2.04. The van der Waals surface area contributed by atoms with Crippen molar-refractivity contribution in [3.05, 3.63) is 66.9 Å². The Kier molecular flexibility index (Phi) is 3.29. The van der Waals surface area contributed by atoms with Gasteiger partial charge in [-0.25, -0.2) is 15.0 Å². The maximum atomic E-state index is 4.56. The fourth-order valence-corrected chi connectivity index (χ4v) is 3.06. The first-order valence-corrected chi connectivity index (χ1v) is 7.73. The molecular formula is C16H13N5S. The van der Waals surface area contributed by atoms with E-state index in [2.05, 4.69) is 32.4 Å². The van der Waals surface area contributed by atoms with Gasteiger partial charge in [0, 0.05) is 25.1 Å². The molecule has 0 aliphatic rings. The number of hydrogen-bond acceptors (Lipinski definition) is 5. The van der Waals surface area contributed by atoms with Crippen molar-refractivity contribution in [2.24, 2.45) is 0 Å². The number of rotatable bonds is 4. The Morgan fingerprint density at radius 1 is 1.14 bits per heavy atom. The Morgan fingerprint density at radius 2 is 2.09 bits per heavy atom. The number of hydrogen-bond donors (Lipinski definition) is 1. The molecule has 108 valence electrons.